The predicted octanol–water partition coefficient (Wildman–Crippen LogP) is 1.76. The maximum absolute atomic E-state index is 13.8. The van der Waals surface area contributed by atoms with Crippen LogP contribution < -0.4 is 10.6 Å². The van der Waals surface area contributed by atoms with Gasteiger partial charge in [0.2, 0.25) is 11.8 Å². The minimum absolute atomic E-state index is 0.000278. The van der Waals surface area contributed by atoms with Crippen molar-refractivity contribution < 1.29 is 14.0 Å². The number of hydrogen-bond acceptors (Lipinski definition) is 3. The first kappa shape index (κ1) is 11.6. The Labute approximate surface area is 98.2 Å². The summed E-state index contributed by atoms with van der Waals surface area (Å²) in [6.45, 7) is 1.60. The Morgan fingerprint density at radius 3 is 2.41 bits per heavy atom. The Balaban J connectivity index is 2.55. The molecule has 1 aromatic carbocycles. The lowest BCUT2D eigenvalue weighted by Crippen LogP contribution is -2.41. The van der Waals surface area contributed by atoms with Crippen LogP contribution in [0.15, 0.2) is 12.1 Å². The van der Waals surface area contributed by atoms with Gasteiger partial charge in [0.1, 0.15) is 5.82 Å². The number of carbonyl (C=O) groups excluding carboxylic acids is 2. The second-order valence-electron chi connectivity index (χ2n) is 4.09. The normalized spacial score (nSPS) is 16.5. The molecule has 0 bridgehead atoms. The van der Waals surface area contributed by atoms with Gasteiger partial charge in [-0.3, -0.25) is 9.59 Å². The van der Waals surface area contributed by atoms with Gasteiger partial charge in [-0.25, -0.2) is 9.29 Å². The van der Waals surface area contributed by atoms with Crippen molar-refractivity contribution in [1.82, 2.24) is 0 Å². The van der Waals surface area contributed by atoms with Gasteiger partial charge in [-0.1, -0.05) is 0 Å². The van der Waals surface area contributed by atoms with E-state index in [0.717, 1.165) is 4.90 Å². The molecule has 1 aromatic rings. The first-order chi connectivity index (χ1) is 8.02. The summed E-state index contributed by atoms with van der Waals surface area (Å²) in [7, 11) is 0. The van der Waals surface area contributed by atoms with E-state index < -0.39 is 5.82 Å². The monoisotopic (exact) mass is 236 g/mol. The molecule has 0 radical (unpaired) electrons. The highest BCUT2D eigenvalue weighted by Crippen LogP contribution is 2.31. The number of anilines is 2. The van der Waals surface area contributed by atoms with Crippen LogP contribution in [0.25, 0.3) is 0 Å². The van der Waals surface area contributed by atoms with E-state index in [2.05, 4.69) is 0 Å². The van der Waals surface area contributed by atoms with E-state index in [-0.39, 0.29) is 30.3 Å². The van der Waals surface area contributed by atoms with Gasteiger partial charge in [0.25, 0.3) is 0 Å². The number of imide groups is 1. The van der Waals surface area contributed by atoms with Gasteiger partial charge in [-0.05, 0) is 31.0 Å². The molecule has 0 unspecified atom stereocenters. The molecule has 0 saturated carbocycles. The average molecular weight is 236 g/mol. The fourth-order valence-electron chi connectivity index (χ4n) is 1.96. The standard InChI is InChI=1S/C12H13FN2O2/c1-7-9(14)6-5-8(13)12(7)15-10(16)3-2-4-11(15)17/h5-6H,2-4,14H2,1H3. The number of nitrogen functional groups attached to an aromatic ring is 1. The molecule has 1 fully saturated rings. The number of carbonyl (C=O) groups is 2. The second kappa shape index (κ2) is 4.16. The number of piperidine rings is 1. The van der Waals surface area contributed by atoms with Gasteiger partial charge in [0.15, 0.2) is 0 Å². The minimum atomic E-state index is -0.597. The molecule has 1 saturated heterocycles. The van der Waals surface area contributed by atoms with Crippen LogP contribution in [-0.4, -0.2) is 11.8 Å². The number of halogens is 1. The molecule has 2 N–H and O–H groups in total. The fraction of sp³-hybridized carbons (Fsp3) is 0.333. The zero-order chi connectivity index (χ0) is 12.6. The fourth-order valence-corrected chi connectivity index (χ4v) is 1.96. The third-order valence-corrected chi connectivity index (χ3v) is 2.93. The van der Waals surface area contributed by atoms with Crippen LogP contribution in [-0.2, 0) is 9.59 Å². The molecule has 0 aliphatic carbocycles. The highest BCUT2D eigenvalue weighted by atomic mass is 19.1. The van der Waals surface area contributed by atoms with Gasteiger partial charge in [-0.15, -0.1) is 0 Å². The van der Waals surface area contributed by atoms with E-state index in [1.165, 1.54) is 12.1 Å². The molecule has 5 heteroatoms. The van der Waals surface area contributed by atoms with Crippen LogP contribution in [0.1, 0.15) is 24.8 Å². The largest absolute Gasteiger partial charge is 0.398 e. The molecule has 0 spiro atoms. The number of nitrogens with two attached hydrogens (primary N) is 1. The molecule has 0 aromatic heterocycles. The van der Waals surface area contributed by atoms with E-state index in [9.17, 15) is 14.0 Å². The van der Waals surface area contributed by atoms with Crippen molar-refractivity contribution >= 4 is 23.2 Å². The molecular weight excluding hydrogens is 223 g/mol. The maximum atomic E-state index is 13.8. The molecule has 1 heterocycles. The van der Waals surface area contributed by atoms with Gasteiger partial charge in [0.05, 0.1) is 5.69 Å². The zero-order valence-electron chi connectivity index (χ0n) is 9.50. The summed E-state index contributed by atoms with van der Waals surface area (Å²) < 4.78 is 13.8. The Bertz CT molecular complexity index is 484. The van der Waals surface area contributed by atoms with E-state index in [1.54, 1.807) is 6.92 Å². The molecule has 90 valence electrons. The van der Waals surface area contributed by atoms with Crippen LogP contribution in [0.5, 0.6) is 0 Å². The lowest BCUT2D eigenvalue weighted by molar-refractivity contribution is -0.129. The topological polar surface area (TPSA) is 63.4 Å². The third kappa shape index (κ3) is 1.88. The molecular formula is C12H13FN2O2. The highest BCUT2D eigenvalue weighted by molar-refractivity contribution is 6.17. The number of hydrogen-bond donors (Lipinski definition) is 1. The number of benzene rings is 1. The molecule has 1 aliphatic rings. The van der Waals surface area contributed by atoms with E-state index >= 15 is 0 Å². The van der Waals surface area contributed by atoms with Crippen LogP contribution in [0.2, 0.25) is 0 Å². The van der Waals surface area contributed by atoms with Crippen molar-refractivity contribution in [2.45, 2.75) is 26.2 Å². The lowest BCUT2D eigenvalue weighted by atomic mass is 10.1. The summed E-state index contributed by atoms with van der Waals surface area (Å²) in [6.07, 6.45) is 1.05. The first-order valence-electron chi connectivity index (χ1n) is 5.42. The molecule has 2 rings (SSSR count). The van der Waals surface area contributed by atoms with Crippen LogP contribution in [0.4, 0.5) is 15.8 Å². The third-order valence-electron chi connectivity index (χ3n) is 2.93. The highest BCUT2D eigenvalue weighted by Gasteiger charge is 2.30. The van der Waals surface area contributed by atoms with Crippen molar-refractivity contribution in [2.24, 2.45) is 0 Å². The zero-order valence-corrected chi connectivity index (χ0v) is 9.50. The summed E-state index contributed by atoms with van der Waals surface area (Å²) in [6, 6.07) is 2.60. The summed E-state index contributed by atoms with van der Waals surface area (Å²) in [5, 5.41) is 0. The van der Waals surface area contributed by atoms with Gasteiger partial charge < -0.3 is 5.73 Å². The molecule has 0 atom stereocenters. The van der Waals surface area contributed by atoms with E-state index in [0.29, 0.717) is 17.7 Å². The van der Waals surface area contributed by atoms with Crippen molar-refractivity contribution in [1.29, 1.82) is 0 Å². The van der Waals surface area contributed by atoms with Crippen molar-refractivity contribution in [3.8, 4) is 0 Å². The van der Waals surface area contributed by atoms with Crippen LogP contribution >= 0.6 is 0 Å². The lowest BCUT2D eigenvalue weighted by Gasteiger charge is -2.27. The number of amides is 2. The summed E-state index contributed by atoms with van der Waals surface area (Å²) in [5.41, 5.74) is 6.46. The molecule has 4 nitrogen and oxygen atoms in total. The Hall–Kier alpha value is -1.91. The SMILES string of the molecule is Cc1c(N)ccc(F)c1N1C(=O)CCCC1=O. The van der Waals surface area contributed by atoms with Gasteiger partial charge in [0, 0.05) is 18.5 Å². The van der Waals surface area contributed by atoms with Crippen LogP contribution in [0.3, 0.4) is 0 Å². The van der Waals surface area contributed by atoms with Crippen LogP contribution in [0, 0.1) is 12.7 Å². The second-order valence-corrected chi connectivity index (χ2v) is 4.09. The summed E-state index contributed by atoms with van der Waals surface area (Å²) >= 11 is 0. The smallest absolute Gasteiger partial charge is 0.233 e. The summed E-state index contributed by atoms with van der Waals surface area (Å²) in [4.78, 5) is 24.4. The number of nitrogens with zero attached hydrogens (tertiary/aromatic N) is 1. The Kier molecular flexibility index (Phi) is 2.83. The summed E-state index contributed by atoms with van der Waals surface area (Å²) in [5.74, 6) is -1.33. The molecule has 1 aliphatic heterocycles. The Morgan fingerprint density at radius 1 is 1.24 bits per heavy atom. The Morgan fingerprint density at radius 2 is 1.82 bits per heavy atom. The van der Waals surface area contributed by atoms with Gasteiger partial charge >= 0.3 is 0 Å². The first-order valence-corrected chi connectivity index (χ1v) is 5.42. The quantitative estimate of drug-likeness (QED) is 0.597. The predicted molar refractivity (Wildman–Crippen MR) is 61.9 cm³/mol. The maximum Gasteiger partial charge on any atom is 0.233 e. The average Bonchev–Trinajstić information content (AvgIpc) is 2.28. The number of rotatable bonds is 1. The van der Waals surface area contributed by atoms with Gasteiger partial charge in [-0.2, -0.15) is 0 Å². The van der Waals surface area contributed by atoms with E-state index in [4.69, 9.17) is 5.73 Å². The van der Waals surface area contributed by atoms with Crippen molar-refractivity contribution in [2.75, 3.05) is 10.6 Å². The molecule has 17 heavy (non-hydrogen) atoms. The minimum Gasteiger partial charge on any atom is -0.398 e. The van der Waals surface area contributed by atoms with E-state index in [1.807, 2.05) is 0 Å². The van der Waals surface area contributed by atoms with Crippen molar-refractivity contribution in [3.05, 3.63) is 23.5 Å². The molecule has 2 amide bonds. The van der Waals surface area contributed by atoms with Crippen molar-refractivity contribution in [3.63, 3.8) is 0 Å².